The quantitative estimate of drug-likeness (QED) is 0.835. The van der Waals surface area contributed by atoms with Gasteiger partial charge in [0.1, 0.15) is 13.2 Å². The molecular weight excluding hydrogens is 312 g/mol. The number of fused-ring (bicyclic) bond motifs is 1. The van der Waals surface area contributed by atoms with Crippen LogP contribution < -0.4 is 14.8 Å². The van der Waals surface area contributed by atoms with Crippen LogP contribution in [0.1, 0.15) is 30.5 Å². The predicted octanol–water partition coefficient (Wildman–Crippen LogP) is 3.59. The van der Waals surface area contributed by atoms with Crippen LogP contribution in [0.15, 0.2) is 42.5 Å². The molecule has 0 aliphatic carbocycles. The molecule has 4 heteroatoms. The van der Waals surface area contributed by atoms with Crippen molar-refractivity contribution in [3.63, 3.8) is 0 Å². The van der Waals surface area contributed by atoms with Crippen LogP contribution in [0.5, 0.6) is 11.5 Å². The zero-order valence-electron chi connectivity index (χ0n) is 15.4. The second-order valence-electron chi connectivity index (χ2n) is 6.87. The Labute approximate surface area is 150 Å². The Kier molecular flexibility index (Phi) is 5.95. The lowest BCUT2D eigenvalue weighted by Crippen LogP contribution is -2.25. The van der Waals surface area contributed by atoms with Gasteiger partial charge in [-0.05, 0) is 38.1 Å². The van der Waals surface area contributed by atoms with E-state index in [2.05, 4.69) is 61.4 Å². The summed E-state index contributed by atoms with van der Waals surface area (Å²) in [5.74, 6) is 1.73. The summed E-state index contributed by atoms with van der Waals surface area (Å²) in [6.45, 7) is 8.27. The summed E-state index contributed by atoms with van der Waals surface area (Å²) >= 11 is 0. The highest BCUT2D eigenvalue weighted by atomic mass is 16.6. The van der Waals surface area contributed by atoms with Crippen molar-refractivity contribution >= 4 is 0 Å². The molecule has 0 atom stereocenters. The Morgan fingerprint density at radius 1 is 1.00 bits per heavy atom. The summed E-state index contributed by atoms with van der Waals surface area (Å²) in [7, 11) is 2.16. The Hall–Kier alpha value is -2.04. The van der Waals surface area contributed by atoms with Crippen LogP contribution in [0, 0.1) is 0 Å². The first-order chi connectivity index (χ1) is 12.1. The molecule has 3 rings (SSSR count). The van der Waals surface area contributed by atoms with E-state index < -0.39 is 0 Å². The zero-order valence-corrected chi connectivity index (χ0v) is 15.4. The first kappa shape index (κ1) is 17.8. The molecule has 0 amide bonds. The van der Waals surface area contributed by atoms with E-state index in [0.29, 0.717) is 19.3 Å². The Balaban J connectivity index is 1.58. The second kappa shape index (κ2) is 8.37. The molecule has 0 spiro atoms. The summed E-state index contributed by atoms with van der Waals surface area (Å²) in [5.41, 5.74) is 3.80. The molecule has 25 heavy (non-hydrogen) atoms. The summed E-state index contributed by atoms with van der Waals surface area (Å²) in [4.78, 5) is 2.35. The Bertz CT molecular complexity index is 700. The predicted molar refractivity (Wildman–Crippen MR) is 101 cm³/mol. The third-order valence-electron chi connectivity index (χ3n) is 4.60. The summed E-state index contributed by atoms with van der Waals surface area (Å²) < 4.78 is 11.4. The molecule has 4 nitrogen and oxygen atoms in total. The first-order valence-electron chi connectivity index (χ1n) is 9.00. The van der Waals surface area contributed by atoms with E-state index in [4.69, 9.17) is 9.47 Å². The van der Waals surface area contributed by atoms with Crippen LogP contribution in [0.2, 0.25) is 0 Å². The molecule has 0 aromatic heterocycles. The molecule has 1 aliphatic heterocycles. The molecule has 0 saturated heterocycles. The molecular formula is C21H28N2O2. The number of para-hydroxylation sites is 1. The van der Waals surface area contributed by atoms with Crippen molar-refractivity contribution in [3.8, 4) is 11.5 Å². The fraction of sp³-hybridized carbons (Fsp3) is 0.429. The largest absolute Gasteiger partial charge is 0.486 e. The Morgan fingerprint density at radius 3 is 2.60 bits per heavy atom. The van der Waals surface area contributed by atoms with Gasteiger partial charge in [-0.3, -0.25) is 4.90 Å². The number of nitrogens with one attached hydrogen (secondary N) is 1. The van der Waals surface area contributed by atoms with E-state index in [9.17, 15) is 0 Å². The molecule has 0 saturated carbocycles. The maximum atomic E-state index is 5.77. The van der Waals surface area contributed by atoms with Gasteiger partial charge in [-0.2, -0.15) is 0 Å². The molecule has 0 unspecified atom stereocenters. The van der Waals surface area contributed by atoms with E-state index >= 15 is 0 Å². The third-order valence-corrected chi connectivity index (χ3v) is 4.60. The van der Waals surface area contributed by atoms with Crippen molar-refractivity contribution in [2.45, 2.75) is 39.5 Å². The van der Waals surface area contributed by atoms with Gasteiger partial charge in [-0.25, -0.2) is 0 Å². The van der Waals surface area contributed by atoms with E-state index in [1.54, 1.807) is 0 Å². The molecule has 1 N–H and O–H groups in total. The van der Waals surface area contributed by atoms with Gasteiger partial charge >= 0.3 is 0 Å². The lowest BCUT2D eigenvalue weighted by molar-refractivity contribution is 0.169. The number of hydrogen-bond donors (Lipinski definition) is 1. The minimum atomic E-state index is 0.549. The van der Waals surface area contributed by atoms with Gasteiger partial charge in [0.25, 0.3) is 0 Å². The monoisotopic (exact) mass is 340 g/mol. The van der Waals surface area contributed by atoms with Crippen molar-refractivity contribution in [2.75, 3.05) is 20.3 Å². The van der Waals surface area contributed by atoms with Gasteiger partial charge in [-0.1, -0.05) is 36.4 Å². The maximum Gasteiger partial charge on any atom is 0.165 e. The van der Waals surface area contributed by atoms with Gasteiger partial charge in [0, 0.05) is 31.2 Å². The molecule has 0 bridgehead atoms. The van der Waals surface area contributed by atoms with Crippen LogP contribution in [0.3, 0.4) is 0 Å². The second-order valence-corrected chi connectivity index (χ2v) is 6.87. The van der Waals surface area contributed by atoms with Gasteiger partial charge in [0.2, 0.25) is 0 Å². The number of hydrogen-bond acceptors (Lipinski definition) is 4. The number of rotatable bonds is 7. The zero-order chi connectivity index (χ0) is 17.6. The van der Waals surface area contributed by atoms with Crippen LogP contribution in [-0.2, 0) is 19.6 Å². The standard InChI is InChI=1S/C21H28N2O2/c1-16(2)23(3)15-18-7-4-6-17(12-18)13-22-14-19-8-5-9-20-21(19)25-11-10-24-20/h4-9,12,16,22H,10-11,13-15H2,1-3H3. The molecule has 0 radical (unpaired) electrons. The fourth-order valence-electron chi connectivity index (χ4n) is 2.92. The van der Waals surface area contributed by atoms with Crippen molar-refractivity contribution in [1.29, 1.82) is 0 Å². The molecule has 2 aromatic carbocycles. The maximum absolute atomic E-state index is 5.77. The highest BCUT2D eigenvalue weighted by Gasteiger charge is 2.15. The highest BCUT2D eigenvalue weighted by molar-refractivity contribution is 5.47. The minimum Gasteiger partial charge on any atom is -0.486 e. The average molecular weight is 340 g/mol. The van der Waals surface area contributed by atoms with E-state index in [1.807, 2.05) is 12.1 Å². The van der Waals surface area contributed by atoms with E-state index in [0.717, 1.165) is 36.7 Å². The van der Waals surface area contributed by atoms with Crippen LogP contribution in [0.25, 0.3) is 0 Å². The molecule has 2 aromatic rings. The van der Waals surface area contributed by atoms with E-state index in [1.165, 1.54) is 11.1 Å². The van der Waals surface area contributed by atoms with Crippen molar-refractivity contribution in [3.05, 3.63) is 59.2 Å². The van der Waals surface area contributed by atoms with Crippen LogP contribution in [-0.4, -0.2) is 31.2 Å². The topological polar surface area (TPSA) is 33.7 Å². The van der Waals surface area contributed by atoms with E-state index in [-0.39, 0.29) is 0 Å². The molecule has 134 valence electrons. The normalized spacial score (nSPS) is 13.5. The summed E-state index contributed by atoms with van der Waals surface area (Å²) in [5, 5.41) is 3.52. The molecule has 1 aliphatic rings. The van der Waals surface area contributed by atoms with Crippen LogP contribution >= 0.6 is 0 Å². The summed E-state index contributed by atoms with van der Waals surface area (Å²) in [6, 6.07) is 15.4. The van der Waals surface area contributed by atoms with Gasteiger partial charge < -0.3 is 14.8 Å². The van der Waals surface area contributed by atoms with Gasteiger partial charge in [-0.15, -0.1) is 0 Å². The minimum absolute atomic E-state index is 0.549. The van der Waals surface area contributed by atoms with Gasteiger partial charge in [0.05, 0.1) is 0 Å². The first-order valence-corrected chi connectivity index (χ1v) is 9.00. The lowest BCUT2D eigenvalue weighted by Gasteiger charge is -2.21. The SMILES string of the molecule is CC(C)N(C)Cc1cccc(CNCc2cccc3c2OCCO3)c1. The fourth-order valence-corrected chi connectivity index (χ4v) is 2.92. The smallest absolute Gasteiger partial charge is 0.165 e. The number of nitrogens with zero attached hydrogens (tertiary/aromatic N) is 1. The number of ether oxygens (including phenoxy) is 2. The van der Waals surface area contributed by atoms with Crippen LogP contribution in [0.4, 0.5) is 0 Å². The number of benzene rings is 2. The van der Waals surface area contributed by atoms with Crippen molar-refractivity contribution in [2.24, 2.45) is 0 Å². The highest BCUT2D eigenvalue weighted by Crippen LogP contribution is 2.33. The third kappa shape index (κ3) is 4.74. The summed E-state index contributed by atoms with van der Waals surface area (Å²) in [6.07, 6.45) is 0. The van der Waals surface area contributed by atoms with Crippen molar-refractivity contribution < 1.29 is 9.47 Å². The average Bonchev–Trinajstić information content (AvgIpc) is 2.62. The lowest BCUT2D eigenvalue weighted by atomic mass is 10.1. The Morgan fingerprint density at radius 2 is 1.76 bits per heavy atom. The molecule has 0 fully saturated rings. The molecule has 1 heterocycles. The van der Waals surface area contributed by atoms with Gasteiger partial charge in [0.15, 0.2) is 11.5 Å². The van der Waals surface area contributed by atoms with Crippen molar-refractivity contribution in [1.82, 2.24) is 10.2 Å².